The molecule has 3 aromatic rings. The molecule has 2 aromatic carbocycles. The third kappa shape index (κ3) is 11.2. The lowest BCUT2D eigenvalue weighted by atomic mass is 9.82. The van der Waals surface area contributed by atoms with Crippen molar-refractivity contribution in [3.63, 3.8) is 0 Å². The van der Waals surface area contributed by atoms with Crippen molar-refractivity contribution in [1.29, 1.82) is 0 Å². The topological polar surface area (TPSA) is 194 Å². The normalized spacial score (nSPS) is 20.7. The van der Waals surface area contributed by atoms with Crippen LogP contribution >= 0.6 is 0 Å². The molecule has 3 aliphatic carbocycles. The monoisotopic (exact) mass is 838 g/mol. The number of carbonyl (C=O) groups is 6. The fourth-order valence-corrected chi connectivity index (χ4v) is 8.66. The number of Topliss-reactive ketones (excluding diaryl/α,β-unsaturated/α-hetero) is 1. The zero-order valence-corrected chi connectivity index (χ0v) is 36.3. The molecule has 0 unspecified atom stereocenters. The minimum atomic E-state index is -1.08. The van der Waals surface area contributed by atoms with Gasteiger partial charge in [0.15, 0.2) is 0 Å². The predicted molar refractivity (Wildman–Crippen MR) is 231 cm³/mol. The molecule has 1 aromatic heterocycles. The first kappa shape index (κ1) is 45.0. The van der Waals surface area contributed by atoms with Crippen LogP contribution in [0, 0.1) is 23.2 Å². The van der Waals surface area contributed by atoms with E-state index in [0.29, 0.717) is 34.5 Å². The van der Waals surface area contributed by atoms with E-state index in [1.807, 2.05) is 82.3 Å². The Kier molecular flexibility index (Phi) is 14.7. The number of likely N-dealkylation sites (N-methyl/N-ethyl adjacent to an activating group) is 1. The van der Waals surface area contributed by atoms with Gasteiger partial charge in [-0.1, -0.05) is 83.7 Å². The molecule has 6 atom stereocenters. The molecule has 0 aliphatic heterocycles. The Morgan fingerprint density at radius 2 is 1.49 bits per heavy atom. The highest BCUT2D eigenvalue weighted by Gasteiger charge is 2.47. The van der Waals surface area contributed by atoms with Crippen molar-refractivity contribution in [3.05, 3.63) is 54.6 Å². The van der Waals surface area contributed by atoms with E-state index >= 15 is 0 Å². The summed E-state index contributed by atoms with van der Waals surface area (Å²) in [5, 5.41) is 14.9. The maximum atomic E-state index is 14.6. The fraction of sp³-hybridized carbons (Fsp3) is 0.553. The van der Waals surface area contributed by atoms with Gasteiger partial charge >= 0.3 is 0 Å². The molecule has 0 spiro atoms. The molecule has 5 amide bonds. The summed E-state index contributed by atoms with van der Waals surface area (Å²) >= 11 is 0. The van der Waals surface area contributed by atoms with Crippen LogP contribution in [-0.4, -0.2) is 84.7 Å². The van der Waals surface area contributed by atoms with Gasteiger partial charge in [-0.25, -0.2) is 4.98 Å². The molecule has 5 N–H and O–H groups in total. The van der Waals surface area contributed by atoms with Gasteiger partial charge in [-0.3, -0.25) is 28.8 Å². The van der Waals surface area contributed by atoms with E-state index in [-0.39, 0.29) is 37.1 Å². The van der Waals surface area contributed by atoms with E-state index in [1.165, 1.54) is 0 Å². The van der Waals surface area contributed by atoms with Gasteiger partial charge in [0.25, 0.3) is 5.91 Å². The molecule has 0 radical (unpaired) electrons. The van der Waals surface area contributed by atoms with Gasteiger partial charge < -0.3 is 36.1 Å². The summed E-state index contributed by atoms with van der Waals surface area (Å²) < 4.78 is 12.3. The van der Waals surface area contributed by atoms with Crippen LogP contribution in [0.15, 0.2) is 54.6 Å². The molecule has 328 valence electrons. The van der Waals surface area contributed by atoms with Crippen LogP contribution in [-0.2, 0) is 28.8 Å². The second-order valence-electron chi connectivity index (χ2n) is 17.9. The number of amides is 5. The quantitative estimate of drug-likeness (QED) is 0.114. The van der Waals surface area contributed by atoms with Crippen LogP contribution in [0.4, 0.5) is 0 Å². The molecule has 6 rings (SSSR count). The minimum Gasteiger partial charge on any atom is -0.497 e. The van der Waals surface area contributed by atoms with Crippen LogP contribution in [0.5, 0.6) is 11.5 Å². The van der Waals surface area contributed by atoms with Crippen molar-refractivity contribution in [2.75, 3.05) is 14.2 Å². The average Bonchev–Trinajstić information content (AvgIpc) is 3.98. The number of nitrogens with zero attached hydrogens (tertiary/aromatic N) is 1. The van der Waals surface area contributed by atoms with E-state index in [4.69, 9.17) is 14.5 Å². The number of ether oxygens (including phenoxy) is 2. The summed E-state index contributed by atoms with van der Waals surface area (Å²) in [5.41, 5.74) is 1.36. The van der Waals surface area contributed by atoms with Gasteiger partial charge in [0.2, 0.25) is 29.4 Å². The van der Waals surface area contributed by atoms with Crippen molar-refractivity contribution in [3.8, 4) is 22.8 Å². The first-order chi connectivity index (χ1) is 29.2. The van der Waals surface area contributed by atoms with Crippen LogP contribution in [0.2, 0.25) is 0 Å². The van der Waals surface area contributed by atoms with Crippen LogP contribution in [0.25, 0.3) is 22.2 Å². The van der Waals surface area contributed by atoms with Gasteiger partial charge in [0.1, 0.15) is 29.7 Å². The molecule has 3 saturated carbocycles. The lowest BCUT2D eigenvalue weighted by molar-refractivity contribution is -0.141. The van der Waals surface area contributed by atoms with Crippen molar-refractivity contribution in [2.45, 2.75) is 129 Å². The van der Waals surface area contributed by atoms with E-state index in [1.54, 1.807) is 14.2 Å². The van der Waals surface area contributed by atoms with Crippen molar-refractivity contribution in [2.24, 2.45) is 23.2 Å². The molecule has 14 heteroatoms. The fourth-order valence-electron chi connectivity index (χ4n) is 8.66. The summed E-state index contributed by atoms with van der Waals surface area (Å²) in [6.07, 6.45) is 6.57. The van der Waals surface area contributed by atoms with Gasteiger partial charge in [0.05, 0.1) is 36.2 Å². The molecule has 14 nitrogen and oxygen atoms in total. The number of carbonyl (C=O) groups excluding carboxylic acids is 6. The molecule has 0 saturated heterocycles. The van der Waals surface area contributed by atoms with Crippen molar-refractivity contribution >= 4 is 46.2 Å². The number of hydrogen-bond acceptors (Lipinski definition) is 9. The first-order valence-electron chi connectivity index (χ1n) is 21.9. The predicted octanol–water partition coefficient (Wildman–Crippen LogP) is 5.16. The highest BCUT2D eigenvalue weighted by atomic mass is 16.5. The zero-order chi connectivity index (χ0) is 43.8. The third-order valence-electron chi connectivity index (χ3n) is 12.2. The number of fused-ring (bicyclic) bond motifs is 1. The number of methoxy groups -OCH3 is 1. The van der Waals surface area contributed by atoms with Crippen molar-refractivity contribution < 1.29 is 38.2 Å². The van der Waals surface area contributed by atoms with Crippen LogP contribution < -0.4 is 36.1 Å². The largest absolute Gasteiger partial charge is 0.497 e. The van der Waals surface area contributed by atoms with E-state index < -0.39 is 70.9 Å². The highest BCUT2D eigenvalue weighted by molar-refractivity contribution is 6.38. The Morgan fingerprint density at radius 1 is 0.820 bits per heavy atom. The number of hydrogen-bond donors (Lipinski definition) is 5. The van der Waals surface area contributed by atoms with E-state index in [9.17, 15) is 28.8 Å². The number of nitrogens with one attached hydrogen (secondary N) is 5. The zero-order valence-electron chi connectivity index (χ0n) is 36.3. The number of ketones is 1. The number of aromatic nitrogens is 1. The Bertz CT molecular complexity index is 2080. The second-order valence-corrected chi connectivity index (χ2v) is 17.9. The summed E-state index contributed by atoms with van der Waals surface area (Å²) in [6, 6.07) is 14.0. The third-order valence-corrected chi connectivity index (χ3v) is 12.2. The minimum absolute atomic E-state index is 0.0346. The number of pyridine rings is 1. The molecular weight excluding hydrogens is 777 g/mol. The average molecular weight is 839 g/mol. The van der Waals surface area contributed by atoms with Gasteiger partial charge in [0, 0.05) is 36.2 Å². The van der Waals surface area contributed by atoms with E-state index in [0.717, 1.165) is 50.5 Å². The summed E-state index contributed by atoms with van der Waals surface area (Å²) in [6.45, 7) is 7.36. The SMILES string of the molecule is CCC[C@H](NC(=O)[C@@H]1C[C@@H](Oc2cc(-c3ccccc3)nc3cc(OC)ccc23)C[C@H]1C(=O)N[C@H](C(=O)N[C@H](C(=O)NC)C1CCCCC1)C(C)(C)C)C(=O)C(=O)NC1CC1. The van der Waals surface area contributed by atoms with E-state index in [2.05, 4.69) is 26.6 Å². The molecule has 3 aliphatic rings. The molecule has 1 heterocycles. The maximum Gasteiger partial charge on any atom is 0.289 e. The molecule has 61 heavy (non-hydrogen) atoms. The Hall–Kier alpha value is -5.53. The highest BCUT2D eigenvalue weighted by Crippen LogP contribution is 2.39. The maximum absolute atomic E-state index is 14.6. The van der Waals surface area contributed by atoms with Gasteiger partial charge in [-0.2, -0.15) is 0 Å². The smallest absolute Gasteiger partial charge is 0.289 e. The Balaban J connectivity index is 1.30. The first-order valence-corrected chi connectivity index (χ1v) is 21.9. The Morgan fingerprint density at radius 3 is 2.10 bits per heavy atom. The summed E-state index contributed by atoms with van der Waals surface area (Å²) in [5.74, 6) is -4.20. The van der Waals surface area contributed by atoms with Gasteiger partial charge in [-0.15, -0.1) is 0 Å². The standard InChI is InChI=1S/C47H62N6O8/c1-7-14-35(40(54)45(58)49-29-19-20-29)51-42(55)33-23-31(61-38-26-36(27-15-10-8-11-16-27)50-37-25-30(60-6)21-22-32(37)38)24-34(33)43(56)53-41(47(2,3)4)46(59)52-39(44(57)48-5)28-17-12-9-13-18-28/h8,10-11,15-16,21-22,25-26,28-29,31,33-35,39,41H,7,9,12-14,17-20,23-24H2,1-6H3,(H,48,57)(H,49,58)(H,51,55)(H,52,59)(H,53,56)/t31-,33-,34-,35+,39+,41-/m1/s1. The molecular formula is C47H62N6O8. The van der Waals surface area contributed by atoms with Gasteiger partial charge in [-0.05, 0) is 68.4 Å². The van der Waals surface area contributed by atoms with Crippen molar-refractivity contribution in [1.82, 2.24) is 31.6 Å². The number of rotatable bonds is 17. The Labute approximate surface area is 358 Å². The van der Waals surface area contributed by atoms with Crippen LogP contribution in [0.3, 0.4) is 0 Å². The molecule has 0 bridgehead atoms. The molecule has 3 fully saturated rings. The summed E-state index contributed by atoms with van der Waals surface area (Å²) in [7, 11) is 3.13. The second kappa shape index (κ2) is 19.9. The lowest BCUT2D eigenvalue weighted by Gasteiger charge is -2.35. The lowest BCUT2D eigenvalue weighted by Crippen LogP contribution is -2.60. The van der Waals surface area contributed by atoms with Crippen LogP contribution in [0.1, 0.15) is 98.3 Å². The number of benzene rings is 2. The summed E-state index contributed by atoms with van der Waals surface area (Å²) in [4.78, 5) is 87.5.